The van der Waals surface area contributed by atoms with Crippen molar-refractivity contribution < 1.29 is 22.7 Å². The lowest BCUT2D eigenvalue weighted by Crippen LogP contribution is -2.53. The van der Waals surface area contributed by atoms with E-state index in [9.17, 15) is 18.0 Å². The van der Waals surface area contributed by atoms with Gasteiger partial charge in [-0.1, -0.05) is 109 Å². The molecule has 0 saturated heterocycles. The van der Waals surface area contributed by atoms with Gasteiger partial charge >= 0.3 is 0 Å². The molecule has 1 N–H and O–H groups in total. The number of aryl methyl sites for hydroxylation is 1. The van der Waals surface area contributed by atoms with Crippen LogP contribution in [0.1, 0.15) is 36.5 Å². The maximum Gasteiger partial charge on any atom is 0.264 e. The summed E-state index contributed by atoms with van der Waals surface area (Å²) in [6, 6.07) is 35.6. The molecule has 270 valence electrons. The number of nitrogens with one attached hydrogen (secondary N) is 1. The first-order chi connectivity index (χ1) is 25.0. The van der Waals surface area contributed by atoms with E-state index >= 15 is 0 Å². The second-order valence-electron chi connectivity index (χ2n) is 12.4. The molecular formula is C41H41Cl2N3O5S. The summed E-state index contributed by atoms with van der Waals surface area (Å²) in [6.07, 6.45) is 1.83. The number of benzene rings is 5. The fourth-order valence-electron chi connectivity index (χ4n) is 5.57. The predicted molar refractivity (Wildman–Crippen MR) is 208 cm³/mol. The third-order valence-electron chi connectivity index (χ3n) is 8.43. The Labute approximate surface area is 316 Å². The van der Waals surface area contributed by atoms with Crippen LogP contribution in [0, 0.1) is 6.92 Å². The lowest BCUT2D eigenvalue weighted by molar-refractivity contribution is -0.140. The van der Waals surface area contributed by atoms with Gasteiger partial charge in [0.1, 0.15) is 24.1 Å². The van der Waals surface area contributed by atoms with Crippen molar-refractivity contribution in [2.24, 2.45) is 0 Å². The zero-order chi connectivity index (χ0) is 37.1. The van der Waals surface area contributed by atoms with Crippen molar-refractivity contribution in [3.05, 3.63) is 154 Å². The van der Waals surface area contributed by atoms with Crippen LogP contribution in [0.4, 0.5) is 5.69 Å². The summed E-state index contributed by atoms with van der Waals surface area (Å²) in [5.74, 6) is 0.176. The van der Waals surface area contributed by atoms with Gasteiger partial charge in [-0.25, -0.2) is 8.42 Å². The summed E-state index contributed by atoms with van der Waals surface area (Å²) in [5, 5.41) is 3.63. The summed E-state index contributed by atoms with van der Waals surface area (Å²) in [6.45, 7) is 3.70. The van der Waals surface area contributed by atoms with Gasteiger partial charge < -0.3 is 15.0 Å². The molecule has 0 aliphatic rings. The summed E-state index contributed by atoms with van der Waals surface area (Å²) in [7, 11) is -4.27. The Morgan fingerprint density at radius 1 is 0.769 bits per heavy atom. The van der Waals surface area contributed by atoms with E-state index < -0.39 is 28.5 Å². The number of nitrogens with zero attached hydrogens (tertiary/aromatic N) is 2. The van der Waals surface area contributed by atoms with Gasteiger partial charge in [0.15, 0.2) is 0 Å². The number of carbonyl (C=O) groups excluding carboxylic acids is 2. The standard InChI is InChI=1S/C41H41Cl2N3O5S/c1-3-4-25-44-41(48)39(27-31-11-7-5-8-12-31)45(28-32-17-24-37(42)38(43)26-32)40(47)29-46(52(49,50)36-22-15-30(2)16-23-36)33-18-20-35(21-19-33)51-34-13-9-6-10-14-34/h5-24,26,39H,3-4,25,27-29H2,1-2H3,(H,44,48)/t39-/m0/s1. The minimum absolute atomic E-state index is 0.0182. The normalized spacial score (nSPS) is 11.8. The smallest absolute Gasteiger partial charge is 0.264 e. The van der Waals surface area contributed by atoms with Crippen LogP contribution in [0.3, 0.4) is 0 Å². The molecule has 1 atom stereocenters. The number of amides is 2. The Bertz CT molecular complexity index is 2050. The molecule has 2 amide bonds. The molecule has 5 rings (SSSR count). The summed E-state index contributed by atoms with van der Waals surface area (Å²) >= 11 is 12.6. The predicted octanol–water partition coefficient (Wildman–Crippen LogP) is 8.85. The number of hydrogen-bond donors (Lipinski definition) is 1. The molecule has 0 aromatic heterocycles. The van der Waals surface area contributed by atoms with E-state index in [1.54, 1.807) is 54.6 Å². The van der Waals surface area contributed by atoms with Gasteiger partial charge in [-0.15, -0.1) is 0 Å². The maximum atomic E-state index is 14.7. The number of sulfonamides is 1. The summed E-state index contributed by atoms with van der Waals surface area (Å²) in [4.78, 5) is 30.2. The van der Waals surface area contributed by atoms with Crippen molar-refractivity contribution >= 4 is 50.7 Å². The van der Waals surface area contributed by atoms with E-state index in [0.717, 1.165) is 28.3 Å². The lowest BCUT2D eigenvalue weighted by Gasteiger charge is -2.34. The highest BCUT2D eigenvalue weighted by molar-refractivity contribution is 7.92. The SMILES string of the molecule is CCCCNC(=O)[C@H](Cc1ccccc1)N(Cc1ccc(Cl)c(Cl)c1)C(=O)CN(c1ccc(Oc2ccccc2)cc1)S(=O)(=O)c1ccc(C)cc1. The molecule has 0 unspecified atom stereocenters. The number of ether oxygens (including phenoxy) is 1. The third-order valence-corrected chi connectivity index (χ3v) is 11.0. The monoisotopic (exact) mass is 757 g/mol. The van der Waals surface area contributed by atoms with Crippen LogP contribution in [0.5, 0.6) is 11.5 Å². The minimum Gasteiger partial charge on any atom is -0.457 e. The van der Waals surface area contributed by atoms with Crippen LogP contribution in [0.2, 0.25) is 10.0 Å². The van der Waals surface area contributed by atoms with E-state index in [0.29, 0.717) is 33.7 Å². The first kappa shape index (κ1) is 38.4. The fraction of sp³-hybridized carbons (Fsp3) is 0.220. The first-order valence-electron chi connectivity index (χ1n) is 17.0. The Morgan fingerprint density at radius 2 is 1.40 bits per heavy atom. The van der Waals surface area contributed by atoms with Crippen molar-refractivity contribution in [2.75, 3.05) is 17.4 Å². The van der Waals surface area contributed by atoms with E-state index in [1.165, 1.54) is 17.0 Å². The average molecular weight is 759 g/mol. The maximum absolute atomic E-state index is 14.7. The second kappa shape index (κ2) is 18.1. The highest BCUT2D eigenvalue weighted by Crippen LogP contribution is 2.30. The zero-order valence-corrected chi connectivity index (χ0v) is 31.4. The minimum atomic E-state index is -4.27. The molecule has 0 bridgehead atoms. The van der Waals surface area contributed by atoms with Gasteiger partial charge in [-0.3, -0.25) is 13.9 Å². The Morgan fingerprint density at radius 3 is 2.04 bits per heavy atom. The van der Waals surface area contributed by atoms with Gasteiger partial charge in [0.2, 0.25) is 11.8 Å². The molecule has 0 heterocycles. The van der Waals surface area contributed by atoms with E-state index in [1.807, 2.05) is 74.5 Å². The molecule has 0 spiro atoms. The van der Waals surface area contributed by atoms with Gasteiger partial charge in [0, 0.05) is 19.5 Å². The number of para-hydroxylation sites is 1. The van der Waals surface area contributed by atoms with Gasteiger partial charge in [-0.2, -0.15) is 0 Å². The molecule has 0 aliphatic heterocycles. The van der Waals surface area contributed by atoms with Crippen LogP contribution in [0.15, 0.2) is 132 Å². The zero-order valence-electron chi connectivity index (χ0n) is 29.0. The number of carbonyl (C=O) groups is 2. The van der Waals surface area contributed by atoms with Gasteiger partial charge in [-0.05, 0) is 85.1 Å². The van der Waals surface area contributed by atoms with E-state index in [-0.39, 0.29) is 29.5 Å². The molecule has 52 heavy (non-hydrogen) atoms. The van der Waals surface area contributed by atoms with Gasteiger partial charge in [0.05, 0.1) is 20.6 Å². The van der Waals surface area contributed by atoms with E-state index in [2.05, 4.69) is 5.32 Å². The Hall–Kier alpha value is -4.83. The Balaban J connectivity index is 1.56. The second-order valence-corrected chi connectivity index (χ2v) is 15.0. The number of rotatable bonds is 16. The Kier molecular flexibility index (Phi) is 13.4. The molecule has 0 fully saturated rings. The number of halogens is 2. The fourth-order valence-corrected chi connectivity index (χ4v) is 7.30. The highest BCUT2D eigenvalue weighted by atomic mass is 35.5. The van der Waals surface area contributed by atoms with Crippen LogP contribution < -0.4 is 14.4 Å². The average Bonchev–Trinajstić information content (AvgIpc) is 3.15. The molecule has 0 radical (unpaired) electrons. The highest BCUT2D eigenvalue weighted by Gasteiger charge is 2.34. The molecule has 8 nitrogen and oxygen atoms in total. The molecular weight excluding hydrogens is 717 g/mol. The van der Waals surface area contributed by atoms with Crippen molar-refractivity contribution in [3.8, 4) is 11.5 Å². The number of anilines is 1. The van der Waals surface area contributed by atoms with Crippen LogP contribution in [0.25, 0.3) is 0 Å². The van der Waals surface area contributed by atoms with Gasteiger partial charge in [0.25, 0.3) is 10.0 Å². The molecule has 5 aromatic rings. The topological polar surface area (TPSA) is 96.0 Å². The van der Waals surface area contributed by atoms with E-state index in [4.69, 9.17) is 27.9 Å². The van der Waals surface area contributed by atoms with Crippen molar-refractivity contribution in [1.29, 1.82) is 0 Å². The summed E-state index contributed by atoms with van der Waals surface area (Å²) < 4.78 is 35.8. The molecule has 11 heteroatoms. The molecule has 5 aromatic carbocycles. The van der Waals surface area contributed by atoms with Crippen molar-refractivity contribution in [1.82, 2.24) is 10.2 Å². The number of hydrogen-bond acceptors (Lipinski definition) is 5. The molecule has 0 aliphatic carbocycles. The van der Waals surface area contributed by atoms with Crippen molar-refractivity contribution in [3.63, 3.8) is 0 Å². The number of unbranched alkanes of at least 4 members (excludes halogenated alkanes) is 1. The quantitative estimate of drug-likeness (QED) is 0.102. The summed E-state index contributed by atoms with van der Waals surface area (Å²) in [5.41, 5.74) is 2.59. The van der Waals surface area contributed by atoms with Crippen LogP contribution in [-0.4, -0.2) is 44.3 Å². The first-order valence-corrected chi connectivity index (χ1v) is 19.2. The molecule has 0 saturated carbocycles. The van der Waals surface area contributed by atoms with Crippen molar-refractivity contribution in [2.45, 2.75) is 50.6 Å². The lowest BCUT2D eigenvalue weighted by atomic mass is 10.0. The largest absolute Gasteiger partial charge is 0.457 e. The third kappa shape index (κ3) is 10.2. The van der Waals surface area contributed by atoms with Crippen LogP contribution in [-0.2, 0) is 32.6 Å². The van der Waals surface area contributed by atoms with Crippen LogP contribution >= 0.6 is 23.2 Å².